The summed E-state index contributed by atoms with van der Waals surface area (Å²) in [5.74, 6) is 1.18. The average Bonchev–Trinajstić information content (AvgIpc) is 2.68. The molecule has 1 saturated heterocycles. The Labute approximate surface area is 98.5 Å². The number of imidazole rings is 1. The van der Waals surface area contributed by atoms with E-state index in [1.54, 1.807) is 0 Å². The Kier molecular flexibility index (Phi) is 3.33. The maximum atomic E-state index is 4.39. The second-order valence-corrected chi connectivity index (χ2v) is 5.39. The predicted molar refractivity (Wildman–Crippen MR) is 66.1 cm³/mol. The Morgan fingerprint density at radius 1 is 1.38 bits per heavy atom. The summed E-state index contributed by atoms with van der Waals surface area (Å²) in [7, 11) is 2.07. The van der Waals surface area contributed by atoms with Crippen LogP contribution in [0.2, 0.25) is 0 Å². The van der Waals surface area contributed by atoms with Crippen molar-refractivity contribution in [1.29, 1.82) is 0 Å². The number of piperidine rings is 1. The van der Waals surface area contributed by atoms with Crippen molar-refractivity contribution in [3.63, 3.8) is 0 Å². The molecule has 0 aromatic carbocycles. The van der Waals surface area contributed by atoms with Crippen molar-refractivity contribution in [2.75, 3.05) is 13.1 Å². The summed E-state index contributed by atoms with van der Waals surface area (Å²) in [5, 5.41) is 0. The molecule has 0 N–H and O–H groups in total. The minimum atomic E-state index is 0.581. The smallest absolute Gasteiger partial charge is 0.122 e. The fourth-order valence-corrected chi connectivity index (χ4v) is 2.35. The van der Waals surface area contributed by atoms with Crippen LogP contribution in [0.15, 0.2) is 12.4 Å². The molecule has 16 heavy (non-hydrogen) atoms. The number of rotatable bonds is 3. The molecule has 0 atom stereocenters. The van der Waals surface area contributed by atoms with Crippen LogP contribution in [-0.4, -0.2) is 27.5 Å². The first-order valence-corrected chi connectivity index (χ1v) is 6.31. The van der Waals surface area contributed by atoms with E-state index < -0.39 is 0 Å². The van der Waals surface area contributed by atoms with E-state index in [4.69, 9.17) is 0 Å². The third-order valence-corrected chi connectivity index (χ3v) is 4.20. The first-order chi connectivity index (χ1) is 7.63. The van der Waals surface area contributed by atoms with Crippen molar-refractivity contribution in [3.8, 4) is 0 Å². The summed E-state index contributed by atoms with van der Waals surface area (Å²) >= 11 is 0. The summed E-state index contributed by atoms with van der Waals surface area (Å²) in [6.07, 6.45) is 7.87. The van der Waals surface area contributed by atoms with Crippen LogP contribution >= 0.6 is 0 Å². The molecule has 90 valence electrons. The lowest BCUT2D eigenvalue weighted by molar-refractivity contribution is 0.107. The molecule has 0 bridgehead atoms. The topological polar surface area (TPSA) is 21.1 Å². The molecule has 1 aromatic rings. The molecule has 0 aliphatic carbocycles. The van der Waals surface area contributed by atoms with Gasteiger partial charge in [-0.05, 0) is 31.3 Å². The highest BCUT2D eigenvalue weighted by atomic mass is 15.2. The molecule has 2 heterocycles. The number of aromatic nitrogens is 2. The maximum absolute atomic E-state index is 4.39. The summed E-state index contributed by atoms with van der Waals surface area (Å²) in [6, 6.07) is 0. The maximum Gasteiger partial charge on any atom is 0.122 e. The highest BCUT2D eigenvalue weighted by Gasteiger charge is 2.28. The molecule has 1 aliphatic rings. The summed E-state index contributed by atoms with van der Waals surface area (Å²) in [4.78, 5) is 6.92. The first kappa shape index (κ1) is 11.6. The van der Waals surface area contributed by atoms with Gasteiger partial charge < -0.3 is 4.57 Å². The van der Waals surface area contributed by atoms with E-state index in [9.17, 15) is 0 Å². The van der Waals surface area contributed by atoms with E-state index in [1.165, 1.54) is 38.2 Å². The van der Waals surface area contributed by atoms with Gasteiger partial charge in [0.05, 0.1) is 6.54 Å². The molecule has 0 amide bonds. The lowest BCUT2D eigenvalue weighted by Crippen LogP contribution is -2.38. The molecule has 0 radical (unpaired) electrons. The third-order valence-electron chi connectivity index (χ3n) is 4.20. The van der Waals surface area contributed by atoms with E-state index in [0.29, 0.717) is 5.41 Å². The monoisotopic (exact) mass is 221 g/mol. The summed E-state index contributed by atoms with van der Waals surface area (Å²) < 4.78 is 2.12. The second kappa shape index (κ2) is 4.58. The van der Waals surface area contributed by atoms with Crippen molar-refractivity contribution in [3.05, 3.63) is 18.2 Å². The van der Waals surface area contributed by atoms with Crippen LogP contribution in [0.4, 0.5) is 0 Å². The highest BCUT2D eigenvalue weighted by molar-refractivity contribution is 4.92. The zero-order valence-corrected chi connectivity index (χ0v) is 10.7. The molecule has 2 rings (SSSR count). The average molecular weight is 221 g/mol. The minimum Gasteiger partial charge on any atom is -0.337 e. The van der Waals surface area contributed by atoms with Crippen LogP contribution in [0.3, 0.4) is 0 Å². The van der Waals surface area contributed by atoms with Crippen molar-refractivity contribution in [1.82, 2.24) is 14.5 Å². The van der Waals surface area contributed by atoms with Gasteiger partial charge in [-0.1, -0.05) is 20.3 Å². The van der Waals surface area contributed by atoms with Gasteiger partial charge in [-0.15, -0.1) is 0 Å². The number of likely N-dealkylation sites (tertiary alicyclic amines) is 1. The van der Waals surface area contributed by atoms with E-state index in [-0.39, 0.29) is 0 Å². The fraction of sp³-hybridized carbons (Fsp3) is 0.769. The van der Waals surface area contributed by atoms with E-state index in [0.717, 1.165) is 6.54 Å². The second-order valence-electron chi connectivity index (χ2n) is 5.39. The Hall–Kier alpha value is -0.830. The standard InChI is InChI=1S/C13H23N3/c1-4-13(2)5-8-16(9-6-13)11-12-14-7-10-15(12)3/h7,10H,4-6,8-9,11H2,1-3H3. The van der Waals surface area contributed by atoms with Crippen molar-refractivity contribution >= 4 is 0 Å². The van der Waals surface area contributed by atoms with Crippen molar-refractivity contribution < 1.29 is 0 Å². The number of hydrogen-bond donors (Lipinski definition) is 0. The van der Waals surface area contributed by atoms with Gasteiger partial charge in [0, 0.05) is 19.4 Å². The molecular weight excluding hydrogens is 198 g/mol. The zero-order valence-electron chi connectivity index (χ0n) is 10.7. The van der Waals surface area contributed by atoms with Gasteiger partial charge >= 0.3 is 0 Å². The Morgan fingerprint density at radius 2 is 2.06 bits per heavy atom. The van der Waals surface area contributed by atoms with E-state index >= 15 is 0 Å². The Balaban J connectivity index is 1.88. The van der Waals surface area contributed by atoms with Crippen LogP contribution in [-0.2, 0) is 13.6 Å². The third kappa shape index (κ3) is 2.46. The fourth-order valence-electron chi connectivity index (χ4n) is 2.35. The quantitative estimate of drug-likeness (QED) is 0.781. The number of hydrogen-bond acceptors (Lipinski definition) is 2. The Bertz CT molecular complexity index is 335. The van der Waals surface area contributed by atoms with E-state index in [2.05, 4.69) is 35.3 Å². The lowest BCUT2D eigenvalue weighted by atomic mass is 9.78. The van der Waals surface area contributed by atoms with Gasteiger partial charge in [0.1, 0.15) is 5.82 Å². The summed E-state index contributed by atoms with van der Waals surface area (Å²) in [6.45, 7) is 8.18. The van der Waals surface area contributed by atoms with Gasteiger partial charge in [0.25, 0.3) is 0 Å². The van der Waals surface area contributed by atoms with Crippen LogP contribution < -0.4 is 0 Å². The molecular formula is C13H23N3. The Morgan fingerprint density at radius 3 is 2.56 bits per heavy atom. The van der Waals surface area contributed by atoms with Crippen LogP contribution in [0.5, 0.6) is 0 Å². The zero-order chi connectivity index (χ0) is 11.6. The van der Waals surface area contributed by atoms with Crippen molar-refractivity contribution in [2.45, 2.75) is 39.7 Å². The minimum absolute atomic E-state index is 0.581. The van der Waals surface area contributed by atoms with Crippen LogP contribution in [0, 0.1) is 5.41 Å². The molecule has 0 unspecified atom stereocenters. The SMILES string of the molecule is CCC1(C)CCN(Cc2nccn2C)CC1. The molecule has 1 aromatic heterocycles. The largest absolute Gasteiger partial charge is 0.337 e. The summed E-state index contributed by atoms with van der Waals surface area (Å²) in [5.41, 5.74) is 0.581. The van der Waals surface area contributed by atoms with Gasteiger partial charge in [-0.25, -0.2) is 4.98 Å². The predicted octanol–water partition coefficient (Wildman–Crippen LogP) is 2.43. The molecule has 1 fully saturated rings. The van der Waals surface area contributed by atoms with Gasteiger partial charge in [0.2, 0.25) is 0 Å². The molecule has 0 spiro atoms. The normalized spacial score (nSPS) is 21.2. The van der Waals surface area contributed by atoms with Gasteiger partial charge in [-0.3, -0.25) is 4.90 Å². The highest BCUT2D eigenvalue weighted by Crippen LogP contribution is 2.34. The van der Waals surface area contributed by atoms with Gasteiger partial charge in [0.15, 0.2) is 0 Å². The van der Waals surface area contributed by atoms with Crippen LogP contribution in [0.1, 0.15) is 38.9 Å². The molecule has 0 saturated carbocycles. The number of nitrogens with zero attached hydrogens (tertiary/aromatic N) is 3. The lowest BCUT2D eigenvalue weighted by Gasteiger charge is -2.38. The number of aryl methyl sites for hydroxylation is 1. The molecule has 3 nitrogen and oxygen atoms in total. The van der Waals surface area contributed by atoms with Gasteiger partial charge in [-0.2, -0.15) is 0 Å². The first-order valence-electron chi connectivity index (χ1n) is 6.31. The van der Waals surface area contributed by atoms with E-state index in [1.807, 2.05) is 12.4 Å². The molecule has 3 heteroatoms. The molecule has 1 aliphatic heterocycles. The van der Waals surface area contributed by atoms with Crippen molar-refractivity contribution in [2.24, 2.45) is 12.5 Å². The van der Waals surface area contributed by atoms with Crippen LogP contribution in [0.25, 0.3) is 0 Å².